The first kappa shape index (κ1) is 14.2. The highest BCUT2D eigenvalue weighted by molar-refractivity contribution is 7.80. The van der Waals surface area contributed by atoms with Crippen LogP contribution in [0.15, 0.2) is 0 Å². The molecule has 2 aliphatic carbocycles. The van der Waals surface area contributed by atoms with Gasteiger partial charge in [0, 0.05) is 13.1 Å². The van der Waals surface area contributed by atoms with Crippen molar-refractivity contribution in [1.29, 1.82) is 0 Å². The summed E-state index contributed by atoms with van der Waals surface area (Å²) in [5.41, 5.74) is 5.06. The van der Waals surface area contributed by atoms with E-state index in [1.165, 1.54) is 4.90 Å². The van der Waals surface area contributed by atoms with Crippen LogP contribution in [-0.2, 0) is 9.59 Å². The van der Waals surface area contributed by atoms with E-state index >= 15 is 0 Å². The summed E-state index contributed by atoms with van der Waals surface area (Å²) in [5.74, 6) is -0.210. The number of nitrogens with two attached hydrogens (primary N) is 1. The molecule has 6 heteroatoms. The maximum absolute atomic E-state index is 12.5. The van der Waals surface area contributed by atoms with Crippen molar-refractivity contribution < 1.29 is 9.59 Å². The summed E-state index contributed by atoms with van der Waals surface area (Å²) in [6, 6.07) is 0.312. The standard InChI is InChI=1S/C13H21N3O2S/c1-16(8-10(17)15-9-4-5-9)12(18)13(11(14)19)6-2-3-7-13/h9H,2-8H2,1H3,(H2,14,19)(H,15,17). The second kappa shape index (κ2) is 5.45. The number of rotatable bonds is 5. The number of hydrogen-bond donors (Lipinski definition) is 2. The predicted molar refractivity (Wildman–Crippen MR) is 76.5 cm³/mol. The fourth-order valence-corrected chi connectivity index (χ4v) is 2.99. The molecule has 0 atom stereocenters. The summed E-state index contributed by atoms with van der Waals surface area (Å²) in [6.45, 7) is 0.0830. The van der Waals surface area contributed by atoms with E-state index < -0.39 is 5.41 Å². The van der Waals surface area contributed by atoms with Gasteiger partial charge in [0.25, 0.3) is 0 Å². The van der Waals surface area contributed by atoms with Crippen LogP contribution in [0.5, 0.6) is 0 Å². The van der Waals surface area contributed by atoms with Gasteiger partial charge in [0.2, 0.25) is 11.8 Å². The van der Waals surface area contributed by atoms with Crippen molar-refractivity contribution >= 4 is 29.0 Å². The van der Waals surface area contributed by atoms with Crippen molar-refractivity contribution in [1.82, 2.24) is 10.2 Å². The largest absolute Gasteiger partial charge is 0.392 e. The lowest BCUT2D eigenvalue weighted by Crippen LogP contribution is -2.50. The van der Waals surface area contributed by atoms with E-state index in [2.05, 4.69) is 5.32 Å². The maximum atomic E-state index is 12.5. The highest BCUT2D eigenvalue weighted by atomic mass is 32.1. The van der Waals surface area contributed by atoms with Crippen LogP contribution >= 0.6 is 12.2 Å². The van der Waals surface area contributed by atoms with E-state index in [0.29, 0.717) is 18.9 Å². The van der Waals surface area contributed by atoms with Gasteiger partial charge in [-0.05, 0) is 25.7 Å². The van der Waals surface area contributed by atoms with Gasteiger partial charge in [-0.3, -0.25) is 9.59 Å². The topological polar surface area (TPSA) is 75.4 Å². The first-order valence-electron chi connectivity index (χ1n) is 6.80. The number of amides is 2. The first-order chi connectivity index (χ1) is 8.95. The summed E-state index contributed by atoms with van der Waals surface area (Å²) in [4.78, 5) is 26.0. The average molecular weight is 283 g/mol. The van der Waals surface area contributed by atoms with Gasteiger partial charge in [-0.2, -0.15) is 0 Å². The number of nitrogens with one attached hydrogen (secondary N) is 1. The molecule has 2 aliphatic rings. The number of carbonyl (C=O) groups excluding carboxylic acids is 2. The predicted octanol–water partition coefficient (Wildman–Crippen LogP) is 0.570. The third-order valence-electron chi connectivity index (χ3n) is 4.01. The van der Waals surface area contributed by atoms with E-state index in [4.69, 9.17) is 18.0 Å². The zero-order valence-electron chi connectivity index (χ0n) is 11.3. The van der Waals surface area contributed by atoms with Crippen LogP contribution in [0.4, 0.5) is 0 Å². The van der Waals surface area contributed by atoms with Crippen molar-refractivity contribution in [3.63, 3.8) is 0 Å². The van der Waals surface area contributed by atoms with E-state index in [0.717, 1.165) is 25.7 Å². The van der Waals surface area contributed by atoms with Crippen LogP contribution in [-0.4, -0.2) is 41.3 Å². The summed E-state index contributed by atoms with van der Waals surface area (Å²) < 4.78 is 0. The van der Waals surface area contributed by atoms with Crippen molar-refractivity contribution in [2.45, 2.75) is 44.6 Å². The molecule has 0 heterocycles. The van der Waals surface area contributed by atoms with Gasteiger partial charge < -0.3 is 16.0 Å². The van der Waals surface area contributed by atoms with Gasteiger partial charge in [-0.1, -0.05) is 25.1 Å². The van der Waals surface area contributed by atoms with Crippen LogP contribution in [0.2, 0.25) is 0 Å². The molecule has 0 spiro atoms. The molecule has 0 aromatic rings. The van der Waals surface area contributed by atoms with Crippen LogP contribution in [0.3, 0.4) is 0 Å². The second-order valence-electron chi connectivity index (χ2n) is 5.66. The number of nitrogens with zero attached hydrogens (tertiary/aromatic N) is 1. The number of thiocarbonyl (C=S) groups is 1. The number of carbonyl (C=O) groups is 2. The Morgan fingerprint density at radius 2 is 1.95 bits per heavy atom. The minimum atomic E-state index is -0.718. The van der Waals surface area contributed by atoms with Gasteiger partial charge in [0.15, 0.2) is 0 Å². The summed E-state index contributed by atoms with van der Waals surface area (Å²) in [7, 11) is 1.65. The molecule has 2 amide bonds. The lowest BCUT2D eigenvalue weighted by molar-refractivity contribution is -0.140. The summed E-state index contributed by atoms with van der Waals surface area (Å²) in [6.07, 6.45) is 5.42. The zero-order valence-corrected chi connectivity index (χ0v) is 12.1. The molecule has 0 aromatic carbocycles. The quantitative estimate of drug-likeness (QED) is 0.723. The Morgan fingerprint density at radius 1 is 1.37 bits per heavy atom. The molecule has 0 aliphatic heterocycles. The van der Waals surface area contributed by atoms with Crippen LogP contribution < -0.4 is 11.1 Å². The molecular formula is C13H21N3O2S. The maximum Gasteiger partial charge on any atom is 0.239 e. The summed E-state index contributed by atoms with van der Waals surface area (Å²) >= 11 is 5.09. The van der Waals surface area contributed by atoms with Crippen molar-refractivity contribution in [3.8, 4) is 0 Å². The van der Waals surface area contributed by atoms with Gasteiger partial charge in [-0.15, -0.1) is 0 Å². The van der Waals surface area contributed by atoms with Crippen LogP contribution in [0.1, 0.15) is 38.5 Å². The Bertz CT molecular complexity index is 401. The molecular weight excluding hydrogens is 262 g/mol. The monoisotopic (exact) mass is 283 g/mol. The van der Waals surface area contributed by atoms with Gasteiger partial charge in [0.1, 0.15) is 0 Å². The number of likely N-dealkylation sites (N-methyl/N-ethyl adjacent to an activating group) is 1. The molecule has 0 bridgehead atoms. The van der Waals surface area contributed by atoms with E-state index in [9.17, 15) is 9.59 Å². The molecule has 2 rings (SSSR count). The van der Waals surface area contributed by atoms with Crippen molar-refractivity contribution in [3.05, 3.63) is 0 Å². The first-order valence-corrected chi connectivity index (χ1v) is 7.21. The Labute approximate surface area is 118 Å². The summed E-state index contributed by atoms with van der Waals surface area (Å²) in [5, 5.41) is 2.88. The molecule has 2 saturated carbocycles. The molecule has 3 N–H and O–H groups in total. The van der Waals surface area contributed by atoms with E-state index in [1.807, 2.05) is 0 Å². The lowest BCUT2D eigenvalue weighted by atomic mass is 9.84. The fourth-order valence-electron chi connectivity index (χ4n) is 2.70. The fraction of sp³-hybridized carbons (Fsp3) is 0.769. The molecule has 0 aromatic heterocycles. The smallest absolute Gasteiger partial charge is 0.239 e. The highest BCUT2D eigenvalue weighted by Gasteiger charge is 2.45. The highest BCUT2D eigenvalue weighted by Crippen LogP contribution is 2.39. The van der Waals surface area contributed by atoms with E-state index in [-0.39, 0.29) is 23.3 Å². The van der Waals surface area contributed by atoms with Crippen LogP contribution in [0, 0.1) is 5.41 Å². The van der Waals surface area contributed by atoms with Crippen LogP contribution in [0.25, 0.3) is 0 Å². The van der Waals surface area contributed by atoms with E-state index in [1.54, 1.807) is 7.05 Å². The Morgan fingerprint density at radius 3 is 2.42 bits per heavy atom. The Balaban J connectivity index is 1.96. The third kappa shape index (κ3) is 3.05. The molecule has 0 saturated heterocycles. The van der Waals surface area contributed by atoms with Crippen molar-refractivity contribution in [2.75, 3.05) is 13.6 Å². The zero-order chi connectivity index (χ0) is 14.0. The van der Waals surface area contributed by atoms with Gasteiger partial charge in [0.05, 0.1) is 16.9 Å². The van der Waals surface area contributed by atoms with Gasteiger partial charge in [-0.25, -0.2) is 0 Å². The molecule has 0 radical (unpaired) electrons. The Kier molecular flexibility index (Phi) is 4.08. The Hall–Kier alpha value is -1.17. The van der Waals surface area contributed by atoms with Gasteiger partial charge >= 0.3 is 0 Å². The molecule has 5 nitrogen and oxygen atoms in total. The third-order valence-corrected chi connectivity index (χ3v) is 4.40. The van der Waals surface area contributed by atoms with Crippen molar-refractivity contribution in [2.24, 2.45) is 11.1 Å². The average Bonchev–Trinajstić information content (AvgIpc) is 3.01. The minimum Gasteiger partial charge on any atom is -0.392 e. The molecule has 19 heavy (non-hydrogen) atoms. The normalized spacial score (nSPS) is 20.9. The second-order valence-corrected chi connectivity index (χ2v) is 6.10. The number of hydrogen-bond acceptors (Lipinski definition) is 3. The molecule has 106 valence electrons. The molecule has 0 unspecified atom stereocenters. The minimum absolute atomic E-state index is 0.0830. The lowest BCUT2D eigenvalue weighted by Gasteiger charge is -2.31. The molecule has 2 fully saturated rings. The SMILES string of the molecule is CN(CC(=O)NC1CC1)C(=O)C1(C(N)=S)CCCC1.